The van der Waals surface area contributed by atoms with Crippen LogP contribution in [0.5, 0.6) is 17.2 Å². The first-order valence-corrected chi connectivity index (χ1v) is 17.4. The average Bonchev–Trinajstić information content (AvgIpc) is 3.40. The number of halogens is 1. The first kappa shape index (κ1) is 31.6. The molecule has 1 saturated heterocycles. The molecule has 0 aromatic heterocycles. The number of likely N-dealkylation sites (tertiary alicyclic amines) is 1. The molecule has 7 rings (SSSR count). The summed E-state index contributed by atoms with van der Waals surface area (Å²) in [5.41, 5.74) is 3.25. The van der Waals surface area contributed by atoms with E-state index in [0.29, 0.717) is 24.5 Å². The SMILES string of the molecule is O=C(O)C1(Nc2cccc(Cl)c2)CCC2(CC1)c1cc(OCCN3CCCCC3)ccc1CC2c1cccc(Oc2ccccc2)c1. The van der Waals surface area contributed by atoms with Crippen molar-refractivity contribution in [1.82, 2.24) is 4.90 Å². The quantitative estimate of drug-likeness (QED) is 0.178. The lowest BCUT2D eigenvalue weighted by molar-refractivity contribution is -0.144. The minimum atomic E-state index is -1.08. The largest absolute Gasteiger partial charge is 0.492 e. The number of piperidine rings is 1. The standard InChI is InChI=1S/C40H43ClN2O4/c41-31-10-8-11-32(27-31)42-40(38(44)45)19-17-39(18-20-40)36(29-9-7-14-35(25-29)47-33-12-3-1-4-13-33)26-30-15-16-34(28-37(30)39)46-24-23-43-21-5-2-6-22-43/h1,3-4,7-16,25,27-28,36,42H,2,5-6,17-24,26H2,(H,44,45). The molecular weight excluding hydrogens is 608 g/mol. The van der Waals surface area contributed by atoms with Crippen LogP contribution >= 0.6 is 11.6 Å². The monoisotopic (exact) mass is 650 g/mol. The zero-order valence-electron chi connectivity index (χ0n) is 26.8. The van der Waals surface area contributed by atoms with Gasteiger partial charge in [-0.3, -0.25) is 4.90 Å². The molecule has 1 spiro atoms. The Bertz CT molecular complexity index is 1700. The van der Waals surface area contributed by atoms with Gasteiger partial charge >= 0.3 is 5.97 Å². The smallest absolute Gasteiger partial charge is 0.329 e. The first-order valence-electron chi connectivity index (χ1n) is 17.0. The molecule has 0 amide bonds. The highest BCUT2D eigenvalue weighted by molar-refractivity contribution is 6.30. The van der Waals surface area contributed by atoms with Crippen molar-refractivity contribution >= 4 is 23.3 Å². The molecular formula is C40H43ClN2O4. The lowest BCUT2D eigenvalue weighted by Gasteiger charge is -2.47. The molecule has 3 aliphatic rings. The summed E-state index contributed by atoms with van der Waals surface area (Å²) in [5.74, 6) is 1.86. The van der Waals surface area contributed by atoms with Gasteiger partial charge in [0.25, 0.3) is 0 Å². The minimum absolute atomic E-state index is 0.179. The van der Waals surface area contributed by atoms with Gasteiger partial charge in [-0.05, 0) is 135 Å². The predicted molar refractivity (Wildman–Crippen MR) is 187 cm³/mol. The van der Waals surface area contributed by atoms with Crippen molar-refractivity contribution < 1.29 is 19.4 Å². The van der Waals surface area contributed by atoms with Gasteiger partial charge in [-0.2, -0.15) is 0 Å². The van der Waals surface area contributed by atoms with Crippen LogP contribution in [0, 0.1) is 0 Å². The van der Waals surface area contributed by atoms with E-state index in [1.165, 1.54) is 36.0 Å². The van der Waals surface area contributed by atoms with Crippen LogP contribution in [0.1, 0.15) is 67.6 Å². The van der Waals surface area contributed by atoms with Gasteiger partial charge in [0.15, 0.2) is 0 Å². The Kier molecular flexibility index (Phi) is 9.15. The number of benzene rings is 4. The molecule has 244 valence electrons. The van der Waals surface area contributed by atoms with E-state index in [0.717, 1.165) is 61.8 Å². The van der Waals surface area contributed by atoms with Crippen molar-refractivity contribution in [2.45, 2.75) is 68.2 Å². The van der Waals surface area contributed by atoms with Gasteiger partial charge in [0.2, 0.25) is 0 Å². The Morgan fingerprint density at radius 3 is 2.36 bits per heavy atom. The topological polar surface area (TPSA) is 71.0 Å². The third kappa shape index (κ3) is 6.72. The van der Waals surface area contributed by atoms with Crippen LogP contribution in [0.3, 0.4) is 0 Å². The van der Waals surface area contributed by atoms with Crippen LogP contribution < -0.4 is 14.8 Å². The molecule has 1 aliphatic heterocycles. The number of hydrogen-bond acceptors (Lipinski definition) is 5. The number of fused-ring (bicyclic) bond motifs is 2. The lowest BCUT2D eigenvalue weighted by atomic mass is 9.59. The van der Waals surface area contributed by atoms with Crippen molar-refractivity contribution in [2.24, 2.45) is 0 Å². The molecule has 0 bridgehead atoms. The number of rotatable bonds is 10. The Morgan fingerprint density at radius 2 is 1.60 bits per heavy atom. The van der Waals surface area contributed by atoms with Gasteiger partial charge in [0.05, 0.1) is 0 Å². The number of nitrogens with zero attached hydrogens (tertiary/aromatic N) is 1. The highest BCUT2D eigenvalue weighted by Crippen LogP contribution is 2.58. The fourth-order valence-electron chi connectivity index (χ4n) is 8.20. The Morgan fingerprint density at radius 1 is 0.830 bits per heavy atom. The molecule has 4 aromatic rings. The van der Waals surface area contributed by atoms with Crippen LogP contribution in [-0.2, 0) is 16.6 Å². The number of anilines is 1. The number of para-hydroxylation sites is 1. The molecule has 2 N–H and O–H groups in total. The van der Waals surface area contributed by atoms with E-state index in [-0.39, 0.29) is 11.3 Å². The van der Waals surface area contributed by atoms with Crippen molar-refractivity contribution in [1.29, 1.82) is 0 Å². The van der Waals surface area contributed by atoms with E-state index in [2.05, 4.69) is 46.6 Å². The Hall–Kier alpha value is -4.00. The number of carbonyl (C=O) groups is 1. The second-order valence-electron chi connectivity index (χ2n) is 13.5. The van der Waals surface area contributed by atoms with E-state index >= 15 is 0 Å². The second-order valence-corrected chi connectivity index (χ2v) is 13.9. The maximum Gasteiger partial charge on any atom is 0.329 e. The molecule has 2 fully saturated rings. The Labute approximate surface area is 282 Å². The van der Waals surface area contributed by atoms with Gasteiger partial charge in [-0.1, -0.05) is 60.5 Å². The summed E-state index contributed by atoms with van der Waals surface area (Å²) in [4.78, 5) is 15.4. The third-order valence-corrected chi connectivity index (χ3v) is 10.9. The number of ether oxygens (including phenoxy) is 2. The van der Waals surface area contributed by atoms with Crippen LogP contribution in [0.25, 0.3) is 0 Å². The van der Waals surface area contributed by atoms with Crippen molar-refractivity contribution in [3.63, 3.8) is 0 Å². The van der Waals surface area contributed by atoms with Gasteiger partial charge in [0.1, 0.15) is 29.4 Å². The summed E-state index contributed by atoms with van der Waals surface area (Å²) in [7, 11) is 0. The normalized spacial score (nSPS) is 24.1. The zero-order valence-corrected chi connectivity index (χ0v) is 27.6. The number of carboxylic acids is 1. The van der Waals surface area contributed by atoms with E-state index < -0.39 is 11.5 Å². The van der Waals surface area contributed by atoms with Crippen LogP contribution in [0.2, 0.25) is 5.02 Å². The van der Waals surface area contributed by atoms with Crippen LogP contribution in [0.4, 0.5) is 5.69 Å². The summed E-state index contributed by atoms with van der Waals surface area (Å²) in [6.45, 7) is 3.91. The van der Waals surface area contributed by atoms with E-state index in [4.69, 9.17) is 21.1 Å². The highest BCUT2D eigenvalue weighted by atomic mass is 35.5. The van der Waals surface area contributed by atoms with Gasteiger partial charge < -0.3 is 19.9 Å². The number of nitrogens with one attached hydrogen (secondary N) is 1. The molecule has 1 saturated carbocycles. The van der Waals surface area contributed by atoms with Crippen LogP contribution in [0.15, 0.2) is 97.1 Å². The van der Waals surface area contributed by atoms with Gasteiger partial charge in [0, 0.05) is 22.7 Å². The average molecular weight is 651 g/mol. The number of aliphatic carboxylic acids is 1. The molecule has 7 heteroatoms. The number of hydrogen-bond donors (Lipinski definition) is 2. The van der Waals surface area contributed by atoms with Crippen molar-refractivity contribution in [3.05, 3.63) is 119 Å². The lowest BCUT2D eigenvalue weighted by Crippen LogP contribution is -2.52. The maximum absolute atomic E-state index is 13.0. The minimum Gasteiger partial charge on any atom is -0.492 e. The molecule has 2 aliphatic carbocycles. The maximum atomic E-state index is 13.0. The number of carboxylic acid groups (broad SMARTS) is 1. The first-order chi connectivity index (χ1) is 22.9. The molecule has 0 radical (unpaired) electrons. The fourth-order valence-corrected chi connectivity index (χ4v) is 8.39. The predicted octanol–water partition coefficient (Wildman–Crippen LogP) is 9.08. The van der Waals surface area contributed by atoms with Crippen molar-refractivity contribution in [3.8, 4) is 17.2 Å². The molecule has 1 atom stereocenters. The second kappa shape index (κ2) is 13.6. The summed E-state index contributed by atoms with van der Waals surface area (Å²) < 4.78 is 12.6. The van der Waals surface area contributed by atoms with E-state index in [1.54, 1.807) is 12.1 Å². The molecule has 47 heavy (non-hydrogen) atoms. The van der Waals surface area contributed by atoms with Gasteiger partial charge in [-0.15, -0.1) is 0 Å². The summed E-state index contributed by atoms with van der Waals surface area (Å²) in [6, 6.07) is 32.3. The molecule has 1 heterocycles. The third-order valence-electron chi connectivity index (χ3n) is 10.7. The highest BCUT2D eigenvalue weighted by Gasteiger charge is 2.54. The summed E-state index contributed by atoms with van der Waals surface area (Å²) >= 11 is 6.28. The van der Waals surface area contributed by atoms with E-state index in [9.17, 15) is 9.90 Å². The summed E-state index contributed by atoms with van der Waals surface area (Å²) in [6.07, 6.45) is 7.19. The molecule has 1 unspecified atom stereocenters. The van der Waals surface area contributed by atoms with Crippen LogP contribution in [-0.4, -0.2) is 47.8 Å². The van der Waals surface area contributed by atoms with Gasteiger partial charge in [-0.25, -0.2) is 4.79 Å². The van der Waals surface area contributed by atoms with Crippen molar-refractivity contribution in [2.75, 3.05) is 31.6 Å². The van der Waals surface area contributed by atoms with E-state index in [1.807, 2.05) is 48.5 Å². The molecule has 4 aromatic carbocycles. The summed E-state index contributed by atoms with van der Waals surface area (Å²) in [5, 5.41) is 14.6. The molecule has 6 nitrogen and oxygen atoms in total. The zero-order chi connectivity index (χ0) is 32.3. The fraction of sp³-hybridized carbons (Fsp3) is 0.375. The Balaban J connectivity index is 1.19.